The van der Waals surface area contributed by atoms with Crippen LogP contribution in [0.1, 0.15) is 52.7 Å². The quantitative estimate of drug-likeness (QED) is 0.274. The molecule has 1 nitrogen and oxygen atoms in total. The van der Waals surface area contributed by atoms with Crippen molar-refractivity contribution in [2.24, 2.45) is 0 Å². The zero-order valence-electron chi connectivity index (χ0n) is 20.4. The van der Waals surface area contributed by atoms with Crippen molar-refractivity contribution in [2.45, 2.75) is 65.5 Å². The van der Waals surface area contributed by atoms with Gasteiger partial charge in [0, 0.05) is 0 Å². The molecule has 0 saturated heterocycles. The molecule has 0 aliphatic heterocycles. The van der Waals surface area contributed by atoms with Crippen LogP contribution in [0.4, 0.5) is 0 Å². The zero-order valence-corrected chi connectivity index (χ0v) is 25.3. The monoisotopic (exact) mass is 559 g/mol. The van der Waals surface area contributed by atoms with Gasteiger partial charge in [0.2, 0.25) is 0 Å². The molecule has 1 aliphatic carbocycles. The molecule has 1 heterocycles. The Morgan fingerprint density at radius 1 is 0.812 bits per heavy atom. The van der Waals surface area contributed by atoms with Crippen molar-refractivity contribution in [3.63, 3.8) is 0 Å². The fourth-order valence-electron chi connectivity index (χ4n) is 3.65. The smallest absolute Gasteiger partial charge is 1.00 e. The molecule has 5 heteroatoms. The topological polar surface area (TPSA) is 15.8 Å². The summed E-state index contributed by atoms with van der Waals surface area (Å²) in [7, 11) is -0.329. The predicted octanol–water partition coefficient (Wildman–Crippen LogP) is -0.785. The van der Waals surface area contributed by atoms with Gasteiger partial charge in [-0.25, -0.2) is 0 Å². The molecule has 4 rings (SSSR count). The van der Waals surface area contributed by atoms with Crippen molar-refractivity contribution in [2.75, 3.05) is 0 Å². The number of hydrogen-bond acceptors (Lipinski definition) is 0. The third-order valence-corrected chi connectivity index (χ3v) is 6.61. The van der Waals surface area contributed by atoms with Crippen LogP contribution >= 0.6 is 0 Å². The Balaban J connectivity index is 0.000000573. The van der Waals surface area contributed by atoms with Crippen LogP contribution in [0.25, 0.3) is 23.1 Å². The molecule has 0 amide bonds. The number of rotatable bonds is 0. The van der Waals surface area contributed by atoms with Gasteiger partial charge in [0.15, 0.2) is 0 Å². The van der Waals surface area contributed by atoms with Crippen molar-refractivity contribution in [1.29, 1.82) is 0 Å². The minimum atomic E-state index is -0.329. The van der Waals surface area contributed by atoms with Crippen molar-refractivity contribution >= 4 is 36.6 Å². The molecule has 32 heavy (non-hydrogen) atoms. The molecule has 0 bridgehead atoms. The summed E-state index contributed by atoms with van der Waals surface area (Å²) in [5.74, 6) is 0. The number of hydrogen-bond donors (Lipinski definition) is 1. The van der Waals surface area contributed by atoms with Gasteiger partial charge in [-0.15, -0.1) is 63.4 Å². The minimum absolute atomic E-state index is 0. The zero-order chi connectivity index (χ0) is 21.4. The van der Waals surface area contributed by atoms with Crippen molar-refractivity contribution in [3.8, 4) is 0 Å². The second-order valence-corrected chi connectivity index (χ2v) is 12.7. The van der Waals surface area contributed by atoms with Gasteiger partial charge in [-0.05, 0) is 19.2 Å². The van der Waals surface area contributed by atoms with E-state index >= 15 is 0 Å². The van der Waals surface area contributed by atoms with Crippen LogP contribution in [-0.4, -0.2) is 18.6 Å². The summed E-state index contributed by atoms with van der Waals surface area (Å²) in [6, 6.07) is 14.9. The molecule has 1 aromatic heterocycles. The van der Waals surface area contributed by atoms with Gasteiger partial charge in [0.1, 0.15) is 0 Å². The number of aromatic amines is 1. The number of aromatic nitrogens is 1. The molecule has 1 N–H and O–H groups in total. The van der Waals surface area contributed by atoms with Gasteiger partial charge in [0.05, 0.1) is 0 Å². The van der Waals surface area contributed by atoms with Crippen LogP contribution in [0.15, 0.2) is 42.5 Å². The van der Waals surface area contributed by atoms with Crippen LogP contribution in [0.5, 0.6) is 0 Å². The molecule has 0 unspecified atom stereocenters. The summed E-state index contributed by atoms with van der Waals surface area (Å²) < 4.78 is 0. The van der Waals surface area contributed by atoms with Crippen LogP contribution in [0, 0.1) is 6.20 Å². The molecule has 0 radical (unpaired) electrons. The van der Waals surface area contributed by atoms with Crippen molar-refractivity contribution < 1.29 is 51.0 Å². The van der Waals surface area contributed by atoms with E-state index in [9.17, 15) is 0 Å². The Hall–Kier alpha value is -0.730. The van der Waals surface area contributed by atoms with Gasteiger partial charge in [0.25, 0.3) is 0 Å². The van der Waals surface area contributed by atoms with Gasteiger partial charge in [-0.3, -0.25) is 0 Å². The minimum Gasteiger partial charge on any atom is -1.00 e. The maximum absolute atomic E-state index is 3.44. The summed E-state index contributed by atoms with van der Waals surface area (Å²) in [4.78, 5) is 3.28. The first-order valence-electron chi connectivity index (χ1n) is 10.4. The fourth-order valence-corrected chi connectivity index (χ4v) is 4.48. The first kappa shape index (κ1) is 31.3. The Labute approximate surface area is 227 Å². The van der Waals surface area contributed by atoms with E-state index in [4.69, 9.17) is 0 Å². The normalized spacial score (nSPS) is 12.1. The van der Waals surface area contributed by atoms with Gasteiger partial charge < -0.3 is 29.8 Å². The van der Waals surface area contributed by atoms with E-state index in [1.807, 2.05) is 0 Å². The maximum Gasteiger partial charge on any atom is 4.00 e. The third kappa shape index (κ3) is 7.13. The Morgan fingerprint density at radius 2 is 1.44 bits per heavy atom. The summed E-state index contributed by atoms with van der Waals surface area (Å²) in [6.45, 7) is 18.1. The third-order valence-electron chi connectivity index (χ3n) is 5.26. The Morgan fingerprint density at radius 3 is 1.97 bits per heavy atom. The van der Waals surface area contributed by atoms with Crippen molar-refractivity contribution in [3.05, 3.63) is 70.2 Å². The summed E-state index contributed by atoms with van der Waals surface area (Å²) in [6.07, 6.45) is 9.05. The Kier molecular flexibility index (Phi) is 11.8. The van der Waals surface area contributed by atoms with E-state index in [1.54, 1.807) is 0 Å². The standard InChI is InChI=1S/C16H22N.C11H11Si.2ClH.Zr/c1-15(2,3)11-8-7-9-13-14(11)12(10-17-13)16(4,5)6;1-12(2)11-7-9-5-3-4-6-10(9)8-11;;;/h7-9,17H,1-6H3;3-7H,1-2H3;2*1H;/q2*-1;;;+4/p-2. The average molecular weight is 562 g/mol. The first-order chi connectivity index (χ1) is 13.5. The van der Waals surface area contributed by atoms with E-state index in [0.29, 0.717) is 0 Å². The average Bonchev–Trinajstić information content (AvgIpc) is 3.25. The van der Waals surface area contributed by atoms with E-state index in [1.165, 1.54) is 37.6 Å². The van der Waals surface area contributed by atoms with Crippen LogP contribution in [-0.2, 0) is 37.0 Å². The van der Waals surface area contributed by atoms with E-state index in [-0.39, 0.29) is 70.3 Å². The molecule has 1 aliphatic rings. The SMILES string of the molecule is CC(C)(C)c1[c-][nH]c2cccc(C(C)(C)C)c12.C[Si](C)=C1[C-]=c2ccccc2=C1.[Cl-].[Cl-].[Zr+4]. The summed E-state index contributed by atoms with van der Waals surface area (Å²) >= 11 is 0. The molecule has 0 spiro atoms. The second kappa shape index (κ2) is 12.1. The van der Waals surface area contributed by atoms with Crippen molar-refractivity contribution in [1.82, 2.24) is 4.98 Å². The summed E-state index contributed by atoms with van der Waals surface area (Å²) in [5.41, 5.74) is 4.17. The molecule has 0 saturated carbocycles. The Bertz CT molecular complexity index is 1150. The molecule has 168 valence electrons. The van der Waals surface area contributed by atoms with E-state index in [2.05, 4.69) is 120 Å². The van der Waals surface area contributed by atoms with Crippen LogP contribution in [0.3, 0.4) is 0 Å². The number of halogens is 2. The van der Waals surface area contributed by atoms with Gasteiger partial charge >= 0.3 is 26.2 Å². The molecule has 0 fully saturated rings. The number of nitrogens with one attached hydrogen (secondary N) is 1. The van der Waals surface area contributed by atoms with E-state index in [0.717, 1.165) is 0 Å². The molecule has 3 aromatic rings. The first-order valence-corrected chi connectivity index (χ1v) is 12.9. The van der Waals surface area contributed by atoms with Gasteiger partial charge in [-0.2, -0.15) is 11.3 Å². The summed E-state index contributed by atoms with van der Waals surface area (Å²) in [5, 5.41) is 5.37. The molecule has 2 aromatic carbocycles. The van der Waals surface area contributed by atoms with Crippen LogP contribution in [0.2, 0.25) is 13.1 Å². The molecular formula is C27H33Cl2NSiZr. The predicted molar refractivity (Wildman–Crippen MR) is 131 cm³/mol. The molecular weight excluding hydrogens is 529 g/mol. The van der Waals surface area contributed by atoms with Crippen LogP contribution < -0.4 is 35.3 Å². The maximum atomic E-state index is 3.44. The fraction of sp³-hybridized carbons (Fsp3) is 0.370. The number of fused-ring (bicyclic) bond motifs is 2. The molecule has 0 atom stereocenters. The van der Waals surface area contributed by atoms with Gasteiger partial charge in [-0.1, -0.05) is 78.4 Å². The second-order valence-electron chi connectivity index (χ2n) is 10.1. The number of benzene rings is 2. The number of H-pyrrole nitrogens is 1. The largest absolute Gasteiger partial charge is 4.00 e. The van der Waals surface area contributed by atoms with E-state index < -0.39 is 0 Å².